The quantitative estimate of drug-likeness (QED) is 0.767. The van der Waals surface area contributed by atoms with E-state index in [-0.39, 0.29) is 5.91 Å². The number of likely N-dealkylation sites (tertiary alicyclic amines) is 1. The molecule has 26 heavy (non-hydrogen) atoms. The van der Waals surface area contributed by atoms with Crippen LogP contribution in [0.1, 0.15) is 44.3 Å². The van der Waals surface area contributed by atoms with Gasteiger partial charge in [-0.25, -0.2) is 0 Å². The van der Waals surface area contributed by atoms with Crippen LogP contribution in [-0.2, 0) is 4.79 Å². The molecule has 2 aromatic rings. The number of benzene rings is 1. The Labute approximate surface area is 159 Å². The predicted octanol–water partition coefficient (Wildman–Crippen LogP) is 3.85. The van der Waals surface area contributed by atoms with E-state index in [1.54, 1.807) is 0 Å². The minimum Gasteiger partial charge on any atom is -0.339 e. The molecule has 5 nitrogen and oxygen atoms in total. The Hall–Kier alpha value is -1.82. The van der Waals surface area contributed by atoms with E-state index in [1.165, 1.54) is 43.9 Å². The number of fused-ring (bicyclic) bond motifs is 1. The molecular weight excluding hydrogens is 344 g/mol. The first kappa shape index (κ1) is 17.6. The zero-order chi connectivity index (χ0) is 17.9. The monoisotopic (exact) mass is 370 g/mol. The van der Waals surface area contributed by atoms with Crippen molar-refractivity contribution in [3.63, 3.8) is 0 Å². The van der Waals surface area contributed by atoms with E-state index >= 15 is 0 Å². The molecule has 1 aromatic carbocycles. The molecule has 1 saturated heterocycles. The Balaban J connectivity index is 1.45. The molecule has 4 rings (SSSR count). The predicted molar refractivity (Wildman–Crippen MR) is 104 cm³/mol. The molecule has 1 aliphatic heterocycles. The Kier molecular flexibility index (Phi) is 5.29. The first-order chi connectivity index (χ1) is 12.7. The number of para-hydroxylation sites is 1. The smallest absolute Gasteiger partial charge is 0.233 e. The second-order valence-electron chi connectivity index (χ2n) is 7.33. The second-order valence-corrected chi connectivity index (χ2v) is 8.27. The van der Waals surface area contributed by atoms with E-state index in [0.717, 1.165) is 35.6 Å². The van der Waals surface area contributed by atoms with Crippen LogP contribution >= 0.6 is 11.8 Å². The third-order valence-electron chi connectivity index (χ3n) is 5.70. The van der Waals surface area contributed by atoms with Gasteiger partial charge < -0.3 is 4.90 Å². The zero-order valence-corrected chi connectivity index (χ0v) is 16.1. The van der Waals surface area contributed by atoms with E-state index in [4.69, 9.17) is 0 Å². The maximum Gasteiger partial charge on any atom is 0.233 e. The van der Waals surface area contributed by atoms with Crippen molar-refractivity contribution in [1.29, 1.82) is 0 Å². The maximum absolute atomic E-state index is 12.9. The van der Waals surface area contributed by atoms with Crippen molar-refractivity contribution in [1.82, 2.24) is 19.7 Å². The minimum atomic E-state index is 0.256. The van der Waals surface area contributed by atoms with Crippen LogP contribution in [0.25, 0.3) is 5.69 Å². The third-order valence-corrected chi connectivity index (χ3v) is 6.61. The summed E-state index contributed by atoms with van der Waals surface area (Å²) < 4.78 is 2.03. The lowest BCUT2D eigenvalue weighted by atomic mass is 9.78. The number of piperidine rings is 1. The van der Waals surface area contributed by atoms with Gasteiger partial charge in [-0.15, -0.1) is 10.2 Å². The highest BCUT2D eigenvalue weighted by molar-refractivity contribution is 7.99. The highest BCUT2D eigenvalue weighted by atomic mass is 32.2. The lowest BCUT2D eigenvalue weighted by Gasteiger charge is -2.44. The molecule has 1 aliphatic carbocycles. The van der Waals surface area contributed by atoms with Gasteiger partial charge in [-0.05, 0) is 50.7 Å². The van der Waals surface area contributed by atoms with Gasteiger partial charge in [0.25, 0.3) is 0 Å². The summed E-state index contributed by atoms with van der Waals surface area (Å²) in [6, 6.07) is 10.6. The number of nitrogens with zero attached hydrogens (tertiary/aromatic N) is 4. The van der Waals surface area contributed by atoms with Crippen molar-refractivity contribution >= 4 is 17.7 Å². The van der Waals surface area contributed by atoms with Crippen molar-refractivity contribution in [2.45, 2.75) is 56.6 Å². The SMILES string of the molecule is Cc1nnc(SCC(=O)N2CCCC3CCCCC32)n1-c1ccccc1. The second kappa shape index (κ2) is 7.82. The number of aromatic nitrogens is 3. The van der Waals surface area contributed by atoms with Gasteiger partial charge in [0.1, 0.15) is 5.82 Å². The summed E-state index contributed by atoms with van der Waals surface area (Å²) in [7, 11) is 0. The molecule has 6 heteroatoms. The van der Waals surface area contributed by atoms with Crippen molar-refractivity contribution in [2.24, 2.45) is 5.92 Å². The summed E-state index contributed by atoms with van der Waals surface area (Å²) >= 11 is 1.50. The van der Waals surface area contributed by atoms with Gasteiger partial charge in [0.05, 0.1) is 5.75 Å². The van der Waals surface area contributed by atoms with Gasteiger partial charge in [-0.2, -0.15) is 0 Å². The number of thioether (sulfide) groups is 1. The van der Waals surface area contributed by atoms with Gasteiger partial charge in [-0.3, -0.25) is 9.36 Å². The fourth-order valence-corrected chi connectivity index (χ4v) is 5.34. The lowest BCUT2D eigenvalue weighted by Crippen LogP contribution is -2.50. The standard InChI is InChI=1S/C20H26N4OS/c1-15-21-22-20(24(15)17-10-3-2-4-11-17)26-14-19(25)23-13-7-9-16-8-5-6-12-18(16)23/h2-4,10-11,16,18H,5-9,12-14H2,1H3. The molecule has 2 unspecified atom stereocenters. The van der Waals surface area contributed by atoms with Crippen LogP contribution < -0.4 is 0 Å². The Morgan fingerprint density at radius 3 is 2.73 bits per heavy atom. The molecule has 0 N–H and O–H groups in total. The molecule has 2 aliphatic rings. The minimum absolute atomic E-state index is 0.256. The number of hydrogen-bond donors (Lipinski definition) is 0. The number of amides is 1. The normalized spacial score (nSPS) is 22.9. The number of aryl methyl sites for hydroxylation is 1. The molecule has 0 bridgehead atoms. The van der Waals surface area contributed by atoms with Crippen LogP contribution in [0.3, 0.4) is 0 Å². The van der Waals surface area contributed by atoms with Gasteiger partial charge >= 0.3 is 0 Å². The number of rotatable bonds is 4. The van der Waals surface area contributed by atoms with Gasteiger partial charge in [0.2, 0.25) is 5.91 Å². The molecule has 138 valence electrons. The average Bonchev–Trinajstić information content (AvgIpc) is 3.06. The summed E-state index contributed by atoms with van der Waals surface area (Å²) in [4.78, 5) is 15.1. The topological polar surface area (TPSA) is 51.0 Å². The van der Waals surface area contributed by atoms with Crippen LogP contribution in [-0.4, -0.2) is 43.9 Å². The molecule has 2 heterocycles. The highest BCUT2D eigenvalue weighted by Gasteiger charge is 2.35. The van der Waals surface area contributed by atoms with E-state index < -0.39 is 0 Å². The number of carbonyl (C=O) groups excluding carboxylic acids is 1. The van der Waals surface area contributed by atoms with Crippen molar-refractivity contribution in [3.05, 3.63) is 36.2 Å². The molecule has 1 saturated carbocycles. The van der Waals surface area contributed by atoms with E-state index in [0.29, 0.717) is 11.8 Å². The summed E-state index contributed by atoms with van der Waals surface area (Å²) in [5, 5.41) is 9.30. The zero-order valence-electron chi connectivity index (χ0n) is 15.3. The van der Waals surface area contributed by atoms with Crippen LogP contribution in [0.15, 0.2) is 35.5 Å². The van der Waals surface area contributed by atoms with Gasteiger partial charge in [0.15, 0.2) is 5.16 Å². The molecular formula is C20H26N4OS. The molecule has 2 atom stereocenters. The molecule has 2 fully saturated rings. The first-order valence-corrected chi connectivity index (χ1v) is 10.6. The van der Waals surface area contributed by atoms with Gasteiger partial charge in [-0.1, -0.05) is 42.8 Å². The largest absolute Gasteiger partial charge is 0.339 e. The summed E-state index contributed by atoms with van der Waals surface area (Å²) in [5.41, 5.74) is 1.04. The summed E-state index contributed by atoms with van der Waals surface area (Å²) in [6.45, 7) is 2.87. The van der Waals surface area contributed by atoms with Crippen LogP contribution in [0.4, 0.5) is 0 Å². The van der Waals surface area contributed by atoms with Crippen LogP contribution in [0.2, 0.25) is 0 Å². The Morgan fingerprint density at radius 2 is 1.88 bits per heavy atom. The third kappa shape index (κ3) is 3.52. The van der Waals surface area contributed by atoms with Gasteiger partial charge in [0, 0.05) is 18.3 Å². The Morgan fingerprint density at radius 1 is 1.12 bits per heavy atom. The van der Waals surface area contributed by atoms with Crippen LogP contribution in [0.5, 0.6) is 0 Å². The van der Waals surface area contributed by atoms with Crippen molar-refractivity contribution < 1.29 is 4.79 Å². The maximum atomic E-state index is 12.9. The highest BCUT2D eigenvalue weighted by Crippen LogP contribution is 2.35. The average molecular weight is 371 g/mol. The molecule has 0 spiro atoms. The molecule has 1 aromatic heterocycles. The van der Waals surface area contributed by atoms with Crippen molar-refractivity contribution in [2.75, 3.05) is 12.3 Å². The van der Waals surface area contributed by atoms with E-state index in [9.17, 15) is 4.79 Å². The number of hydrogen-bond acceptors (Lipinski definition) is 4. The molecule has 0 radical (unpaired) electrons. The van der Waals surface area contributed by atoms with E-state index in [1.807, 2.05) is 41.8 Å². The number of carbonyl (C=O) groups is 1. The fraction of sp³-hybridized carbons (Fsp3) is 0.550. The fourth-order valence-electron chi connectivity index (χ4n) is 4.45. The lowest BCUT2D eigenvalue weighted by molar-refractivity contribution is -0.134. The Bertz CT molecular complexity index is 758. The van der Waals surface area contributed by atoms with E-state index in [2.05, 4.69) is 15.1 Å². The van der Waals surface area contributed by atoms with Crippen LogP contribution in [0, 0.1) is 12.8 Å². The van der Waals surface area contributed by atoms with Crippen molar-refractivity contribution in [3.8, 4) is 5.69 Å². The first-order valence-electron chi connectivity index (χ1n) is 9.64. The summed E-state index contributed by atoms with van der Waals surface area (Å²) in [5.74, 6) is 2.26. The molecule has 1 amide bonds. The summed E-state index contributed by atoms with van der Waals surface area (Å²) in [6.07, 6.45) is 7.51.